The first-order chi connectivity index (χ1) is 9.61. The molecule has 1 aromatic carbocycles. The van der Waals surface area contributed by atoms with Gasteiger partial charge >= 0.3 is 0 Å². The van der Waals surface area contributed by atoms with Crippen molar-refractivity contribution in [3.05, 3.63) is 59.4 Å². The van der Waals surface area contributed by atoms with Crippen LogP contribution in [0.4, 0.5) is 0 Å². The van der Waals surface area contributed by atoms with Crippen molar-refractivity contribution in [3.8, 4) is 0 Å². The molecule has 0 fully saturated rings. The molecule has 0 unspecified atom stereocenters. The average molecular weight is 270 g/mol. The van der Waals surface area contributed by atoms with E-state index in [0.717, 1.165) is 5.56 Å². The molecule has 2 aromatic rings. The molecule has 0 saturated carbocycles. The van der Waals surface area contributed by atoms with Crippen LogP contribution in [0.25, 0.3) is 0 Å². The van der Waals surface area contributed by atoms with Crippen LogP contribution < -0.4 is 0 Å². The minimum atomic E-state index is -0.100. The van der Waals surface area contributed by atoms with Crippen LogP contribution in [0.5, 0.6) is 0 Å². The van der Waals surface area contributed by atoms with E-state index in [1.165, 1.54) is 0 Å². The fourth-order valence-corrected chi connectivity index (χ4v) is 2.03. The first kappa shape index (κ1) is 14.1. The predicted octanol–water partition coefficient (Wildman–Crippen LogP) is 2.88. The fraction of sp³-hybridized carbons (Fsp3) is 0.250. The van der Waals surface area contributed by atoms with Crippen molar-refractivity contribution in [3.63, 3.8) is 0 Å². The monoisotopic (exact) mass is 270 g/mol. The molecule has 2 rings (SSSR count). The molecule has 0 spiro atoms. The lowest BCUT2D eigenvalue weighted by atomic mass is 10.2. The van der Waals surface area contributed by atoms with Crippen molar-refractivity contribution in [1.82, 2.24) is 9.88 Å². The van der Waals surface area contributed by atoms with Gasteiger partial charge in [-0.3, -0.25) is 9.59 Å². The summed E-state index contributed by atoms with van der Waals surface area (Å²) in [5.74, 6) is -0.100. The summed E-state index contributed by atoms with van der Waals surface area (Å²) in [5, 5.41) is 0. The van der Waals surface area contributed by atoms with Crippen molar-refractivity contribution in [2.24, 2.45) is 0 Å². The topological polar surface area (TPSA) is 53.2 Å². The normalized spacial score (nSPS) is 10.6. The van der Waals surface area contributed by atoms with Crippen molar-refractivity contribution in [2.45, 2.75) is 26.4 Å². The van der Waals surface area contributed by atoms with E-state index in [1.807, 2.05) is 44.2 Å². The molecule has 0 bridgehead atoms. The lowest BCUT2D eigenvalue weighted by Gasteiger charge is -2.26. The first-order valence-electron chi connectivity index (χ1n) is 6.61. The molecule has 1 heterocycles. The number of carbonyl (C=O) groups excluding carboxylic acids is 2. The van der Waals surface area contributed by atoms with Gasteiger partial charge in [0.05, 0.1) is 5.69 Å². The van der Waals surface area contributed by atoms with Crippen molar-refractivity contribution in [2.75, 3.05) is 0 Å². The zero-order valence-electron chi connectivity index (χ0n) is 11.7. The van der Waals surface area contributed by atoms with Crippen molar-refractivity contribution >= 4 is 12.2 Å². The van der Waals surface area contributed by atoms with Crippen LogP contribution >= 0.6 is 0 Å². The third-order valence-corrected chi connectivity index (χ3v) is 3.15. The lowest BCUT2D eigenvalue weighted by molar-refractivity contribution is 0.0685. The number of H-pyrrole nitrogens is 1. The number of aromatic amines is 1. The summed E-state index contributed by atoms with van der Waals surface area (Å²) in [6.45, 7) is 4.50. The van der Waals surface area contributed by atoms with Crippen molar-refractivity contribution in [1.29, 1.82) is 0 Å². The molecular weight excluding hydrogens is 252 g/mol. The molecule has 0 radical (unpaired) electrons. The highest BCUT2D eigenvalue weighted by Gasteiger charge is 2.20. The van der Waals surface area contributed by atoms with E-state index >= 15 is 0 Å². The molecule has 4 heteroatoms. The minimum absolute atomic E-state index is 0.0747. The highest BCUT2D eigenvalue weighted by molar-refractivity contribution is 5.93. The number of rotatable bonds is 5. The van der Waals surface area contributed by atoms with Gasteiger partial charge in [-0.05, 0) is 31.5 Å². The summed E-state index contributed by atoms with van der Waals surface area (Å²) in [5.41, 5.74) is 1.94. The van der Waals surface area contributed by atoms with Gasteiger partial charge in [-0.25, -0.2) is 0 Å². The highest BCUT2D eigenvalue weighted by Crippen LogP contribution is 2.13. The zero-order chi connectivity index (χ0) is 14.5. The molecular formula is C16H18N2O2. The average Bonchev–Trinajstić information content (AvgIpc) is 2.94. The summed E-state index contributed by atoms with van der Waals surface area (Å²) in [4.78, 5) is 27.8. The Balaban J connectivity index is 2.20. The number of hydrogen-bond acceptors (Lipinski definition) is 2. The van der Waals surface area contributed by atoms with Gasteiger partial charge < -0.3 is 9.88 Å². The molecule has 1 aromatic heterocycles. The summed E-state index contributed by atoms with van der Waals surface area (Å²) in [7, 11) is 0. The number of amides is 1. The quantitative estimate of drug-likeness (QED) is 0.849. The molecule has 20 heavy (non-hydrogen) atoms. The summed E-state index contributed by atoms with van der Waals surface area (Å²) >= 11 is 0. The van der Waals surface area contributed by atoms with Gasteiger partial charge in [0.1, 0.15) is 5.69 Å². The van der Waals surface area contributed by atoms with Gasteiger partial charge in [0.2, 0.25) is 0 Å². The largest absolute Gasteiger partial charge is 0.348 e. The molecule has 104 valence electrons. The van der Waals surface area contributed by atoms with Crippen LogP contribution in [0.3, 0.4) is 0 Å². The van der Waals surface area contributed by atoms with E-state index in [1.54, 1.807) is 17.0 Å². The Morgan fingerprint density at radius 3 is 2.45 bits per heavy atom. The Morgan fingerprint density at radius 1 is 1.20 bits per heavy atom. The van der Waals surface area contributed by atoms with Crippen LogP contribution in [0.2, 0.25) is 0 Å². The van der Waals surface area contributed by atoms with E-state index in [2.05, 4.69) is 4.98 Å². The maximum absolute atomic E-state index is 12.5. The number of carbonyl (C=O) groups is 2. The van der Waals surface area contributed by atoms with Crippen LogP contribution in [0.1, 0.15) is 40.4 Å². The van der Waals surface area contributed by atoms with E-state index in [0.29, 0.717) is 24.2 Å². The number of benzene rings is 1. The van der Waals surface area contributed by atoms with E-state index in [-0.39, 0.29) is 11.9 Å². The molecule has 0 aliphatic heterocycles. The number of hydrogen-bond donors (Lipinski definition) is 1. The molecule has 0 aliphatic carbocycles. The Hall–Kier alpha value is -2.36. The van der Waals surface area contributed by atoms with E-state index < -0.39 is 0 Å². The smallest absolute Gasteiger partial charge is 0.270 e. The van der Waals surface area contributed by atoms with E-state index in [4.69, 9.17) is 0 Å². The summed E-state index contributed by atoms with van der Waals surface area (Å²) in [6, 6.07) is 13.2. The van der Waals surface area contributed by atoms with Gasteiger partial charge in [0.25, 0.3) is 5.91 Å². The summed E-state index contributed by atoms with van der Waals surface area (Å²) < 4.78 is 0. The van der Waals surface area contributed by atoms with E-state index in [9.17, 15) is 9.59 Å². The molecule has 1 N–H and O–H groups in total. The van der Waals surface area contributed by atoms with Crippen molar-refractivity contribution < 1.29 is 9.59 Å². The Kier molecular flexibility index (Phi) is 4.35. The molecule has 0 atom stereocenters. The van der Waals surface area contributed by atoms with Gasteiger partial charge in [-0.2, -0.15) is 0 Å². The molecule has 4 nitrogen and oxygen atoms in total. The lowest BCUT2D eigenvalue weighted by Crippen LogP contribution is -2.36. The van der Waals surface area contributed by atoms with Crippen LogP contribution in [0, 0.1) is 0 Å². The number of nitrogens with zero attached hydrogens (tertiary/aromatic N) is 1. The molecule has 0 saturated heterocycles. The van der Waals surface area contributed by atoms with Gasteiger partial charge in [-0.1, -0.05) is 30.3 Å². The Morgan fingerprint density at radius 2 is 1.90 bits per heavy atom. The highest BCUT2D eigenvalue weighted by atomic mass is 16.2. The van der Waals surface area contributed by atoms with Gasteiger partial charge in [0, 0.05) is 12.6 Å². The number of nitrogens with one attached hydrogen (secondary N) is 1. The van der Waals surface area contributed by atoms with Gasteiger partial charge in [-0.15, -0.1) is 0 Å². The third kappa shape index (κ3) is 3.15. The fourth-order valence-electron chi connectivity index (χ4n) is 2.03. The molecule has 0 aliphatic rings. The standard InChI is InChI=1S/C16H18N2O2/c1-12(2)18(10-13-6-4-3-5-7-13)16(20)15-9-8-14(11-19)17-15/h3-9,11-12,17H,10H2,1-2H3. The van der Waals surface area contributed by atoms with Gasteiger partial charge in [0.15, 0.2) is 6.29 Å². The third-order valence-electron chi connectivity index (χ3n) is 3.15. The minimum Gasteiger partial charge on any atom is -0.348 e. The number of aldehydes is 1. The second-order valence-corrected chi connectivity index (χ2v) is 4.96. The Bertz CT molecular complexity index is 588. The summed E-state index contributed by atoms with van der Waals surface area (Å²) in [6.07, 6.45) is 0.702. The predicted molar refractivity (Wildman–Crippen MR) is 77.6 cm³/mol. The SMILES string of the molecule is CC(C)N(Cc1ccccc1)C(=O)c1ccc(C=O)[nH]1. The second kappa shape index (κ2) is 6.19. The van der Waals surface area contributed by atoms with Crippen LogP contribution in [-0.2, 0) is 6.54 Å². The Labute approximate surface area is 118 Å². The molecule has 1 amide bonds. The maximum atomic E-state index is 12.5. The maximum Gasteiger partial charge on any atom is 0.270 e. The first-order valence-corrected chi connectivity index (χ1v) is 6.61. The second-order valence-electron chi connectivity index (χ2n) is 4.96. The zero-order valence-corrected chi connectivity index (χ0v) is 11.7. The van der Waals surface area contributed by atoms with Crippen LogP contribution in [0.15, 0.2) is 42.5 Å². The van der Waals surface area contributed by atoms with Crippen LogP contribution in [-0.4, -0.2) is 28.1 Å². The number of aromatic nitrogens is 1.